The minimum Gasteiger partial charge on any atom is -0.309 e. The Balaban J connectivity index is 0.000000139. The number of aromatic nitrogens is 4. The van der Waals surface area contributed by atoms with Gasteiger partial charge in [0.25, 0.3) is 0 Å². The maximum absolute atomic E-state index is 2.53. The molecule has 4 heteroatoms. The van der Waals surface area contributed by atoms with Crippen LogP contribution in [0.4, 0.5) is 0 Å². The molecule has 0 bridgehead atoms. The summed E-state index contributed by atoms with van der Waals surface area (Å²) in [6.45, 7) is 0. The predicted octanol–water partition coefficient (Wildman–Crippen LogP) is 34.5. The molecule has 0 fully saturated rings. The molecule has 26 aromatic rings. The Morgan fingerprint density at radius 1 is 0.130 bits per heavy atom. The maximum atomic E-state index is 2.53. The van der Waals surface area contributed by atoms with Crippen LogP contribution in [0.1, 0.15) is 44.5 Å². The third-order valence-corrected chi connectivity index (χ3v) is 29.6. The van der Waals surface area contributed by atoms with Gasteiger partial charge in [0.1, 0.15) is 0 Å². The standard InChI is InChI=1S/2C67H44N2/c1-5-17-45(18-6-1)47-29-35-53(36-30-47)68-61-28-16-14-25-55(61)57-43-49(33-40-62(57)68)50-34-41-63-58(44-50)66-64(69(63)54-37-31-48(32-38-54)46-19-7-2-8-20-46)42-39-60-65(66)56-26-13-15-27-59(56)67(60,51-21-9-3-10-22-51)52-23-11-4-12-24-52;1-5-17-45(18-6-1)47-29-35-53(36-30-47)68-63-28-16-14-26-56(63)58-41-49(33-39-64(58)68)50-34-40-65-59(42-50)60-43-62-57(44-66(60)69(65)54-37-31-48(32-38-54)46-19-7-2-8-20-46)55-25-13-15-27-61(55)67(62,51-21-9-3-10-22-51)52-23-11-4-12-24-52/h2*1-44H. The van der Waals surface area contributed by atoms with Gasteiger partial charge < -0.3 is 18.3 Å². The second kappa shape index (κ2) is 32.5. The Morgan fingerprint density at radius 2 is 0.384 bits per heavy atom. The van der Waals surface area contributed by atoms with Crippen LogP contribution < -0.4 is 0 Å². The highest BCUT2D eigenvalue weighted by Gasteiger charge is 2.49. The summed E-state index contributed by atoms with van der Waals surface area (Å²) in [4.78, 5) is 0. The molecule has 0 amide bonds. The lowest BCUT2D eigenvalue weighted by molar-refractivity contribution is 0.769. The van der Waals surface area contributed by atoms with Crippen LogP contribution in [-0.4, -0.2) is 18.3 Å². The third-order valence-electron chi connectivity index (χ3n) is 29.6. The van der Waals surface area contributed by atoms with Crippen molar-refractivity contribution >= 4 is 87.2 Å². The lowest BCUT2D eigenvalue weighted by atomic mass is 9.67. The van der Waals surface area contributed by atoms with E-state index in [2.05, 4.69) is 552 Å². The van der Waals surface area contributed by atoms with E-state index in [-0.39, 0.29) is 0 Å². The largest absolute Gasteiger partial charge is 0.309 e. The molecular formula is C134H88N4. The molecule has 0 atom stereocenters. The number of rotatable bonds is 14. The normalized spacial score (nSPS) is 12.8. The molecule has 0 spiro atoms. The summed E-state index contributed by atoms with van der Waals surface area (Å²) in [5.74, 6) is 0. The van der Waals surface area contributed by atoms with Crippen molar-refractivity contribution < 1.29 is 0 Å². The fourth-order valence-electron chi connectivity index (χ4n) is 23.5. The van der Waals surface area contributed by atoms with E-state index in [0.717, 1.165) is 22.7 Å². The number of fused-ring (bicyclic) bond motifs is 19. The number of nitrogens with zero attached hydrogens (tertiary/aromatic N) is 4. The summed E-state index contributed by atoms with van der Waals surface area (Å²) in [5, 5.41) is 9.93. The Hall–Kier alpha value is -18.0. The van der Waals surface area contributed by atoms with E-state index in [4.69, 9.17) is 0 Å². The number of benzene rings is 22. The monoisotopic (exact) mass is 1750 g/mol. The number of hydrogen-bond acceptors (Lipinski definition) is 0. The minimum absolute atomic E-state index is 0.507. The van der Waals surface area contributed by atoms with Gasteiger partial charge in [0.15, 0.2) is 0 Å². The molecule has 0 radical (unpaired) electrons. The molecule has 0 saturated heterocycles. The van der Waals surface area contributed by atoms with Gasteiger partial charge in [-0.3, -0.25) is 0 Å². The van der Waals surface area contributed by atoms with Crippen LogP contribution in [0.15, 0.2) is 534 Å². The molecule has 0 N–H and O–H groups in total. The quantitative estimate of drug-likeness (QED) is 0.103. The van der Waals surface area contributed by atoms with Crippen LogP contribution in [0.3, 0.4) is 0 Å². The van der Waals surface area contributed by atoms with E-state index >= 15 is 0 Å². The molecular weight excluding hydrogens is 1670 g/mol. The second-order valence-electron chi connectivity index (χ2n) is 36.8. The molecule has 0 aliphatic heterocycles. The molecule has 4 nitrogen and oxygen atoms in total. The number of para-hydroxylation sites is 2. The Labute approximate surface area is 800 Å². The van der Waals surface area contributed by atoms with Gasteiger partial charge in [-0.15, -0.1) is 0 Å². The molecule has 22 aromatic carbocycles. The number of hydrogen-bond donors (Lipinski definition) is 0. The predicted molar refractivity (Wildman–Crippen MR) is 577 cm³/mol. The van der Waals surface area contributed by atoms with Gasteiger partial charge in [-0.2, -0.15) is 0 Å². The van der Waals surface area contributed by atoms with E-state index in [1.54, 1.807) is 0 Å². The zero-order valence-corrected chi connectivity index (χ0v) is 75.6. The zero-order chi connectivity index (χ0) is 90.9. The van der Waals surface area contributed by atoms with Gasteiger partial charge in [0, 0.05) is 65.8 Å². The van der Waals surface area contributed by atoms with Crippen LogP contribution in [0, 0.1) is 0 Å². The summed E-state index contributed by atoms with van der Waals surface area (Å²) in [5.41, 5.74) is 43.0. The fraction of sp³-hybridized carbons (Fsp3) is 0.0149. The first-order chi connectivity index (χ1) is 68.5. The molecule has 644 valence electrons. The third kappa shape index (κ3) is 12.5. The first-order valence-corrected chi connectivity index (χ1v) is 47.8. The molecule has 28 rings (SSSR count). The van der Waals surface area contributed by atoms with Crippen LogP contribution in [-0.2, 0) is 10.8 Å². The van der Waals surface area contributed by atoms with Gasteiger partial charge in [-0.25, -0.2) is 0 Å². The van der Waals surface area contributed by atoms with Crippen molar-refractivity contribution in [1.29, 1.82) is 0 Å². The molecule has 0 unspecified atom stereocenters. The summed E-state index contributed by atoms with van der Waals surface area (Å²) >= 11 is 0. The topological polar surface area (TPSA) is 19.7 Å². The van der Waals surface area contributed by atoms with Crippen molar-refractivity contribution in [3.63, 3.8) is 0 Å². The fourth-order valence-corrected chi connectivity index (χ4v) is 23.5. The van der Waals surface area contributed by atoms with Crippen LogP contribution in [0.25, 0.3) is 199 Å². The van der Waals surface area contributed by atoms with E-state index in [1.807, 2.05) is 0 Å². The average Bonchev–Trinajstić information content (AvgIpc) is 1.53. The molecule has 4 aromatic heterocycles. The van der Waals surface area contributed by atoms with Crippen molar-refractivity contribution in [3.8, 4) is 112 Å². The summed E-state index contributed by atoms with van der Waals surface area (Å²) < 4.78 is 9.79. The first-order valence-electron chi connectivity index (χ1n) is 47.8. The highest BCUT2D eigenvalue weighted by atomic mass is 15.0. The van der Waals surface area contributed by atoms with Crippen molar-refractivity contribution in [3.05, 3.63) is 578 Å². The van der Waals surface area contributed by atoms with E-state index in [0.29, 0.717) is 0 Å². The van der Waals surface area contributed by atoms with Gasteiger partial charge >= 0.3 is 0 Å². The van der Waals surface area contributed by atoms with Crippen molar-refractivity contribution in [2.75, 3.05) is 0 Å². The highest BCUT2D eigenvalue weighted by molar-refractivity contribution is 6.21. The van der Waals surface area contributed by atoms with Crippen molar-refractivity contribution in [2.24, 2.45) is 0 Å². The summed E-state index contributed by atoms with van der Waals surface area (Å²) in [6.07, 6.45) is 0. The average molecular weight is 1750 g/mol. The van der Waals surface area contributed by atoms with Crippen molar-refractivity contribution in [2.45, 2.75) is 10.8 Å². The lowest BCUT2D eigenvalue weighted by Gasteiger charge is -2.34. The van der Waals surface area contributed by atoms with Crippen molar-refractivity contribution in [1.82, 2.24) is 18.3 Å². The van der Waals surface area contributed by atoms with E-state index < -0.39 is 10.8 Å². The van der Waals surface area contributed by atoms with Gasteiger partial charge in [0.2, 0.25) is 0 Å². The molecule has 138 heavy (non-hydrogen) atoms. The summed E-state index contributed by atoms with van der Waals surface area (Å²) in [7, 11) is 0. The lowest BCUT2D eigenvalue weighted by Crippen LogP contribution is -2.28. The van der Waals surface area contributed by atoms with E-state index in [9.17, 15) is 0 Å². The smallest absolute Gasteiger partial charge is 0.0713 e. The SMILES string of the molecule is c1ccc(-c2ccc(-n3c4ccccc4c4cc(-c5ccc6c(c5)c5c7c(ccc5n6-c5ccc(-c6ccccc6)cc5)C(c5ccccc5)(c5ccccc5)c5ccccc5-7)ccc43)cc2)cc1.c1ccc(-c2ccc(-n3c4ccccc4c4cc(-c5ccc6c(c5)c5cc7c(cc5n6-c5ccc(-c6ccccc6)cc5)-c5ccccc5C7(c5ccccc5)c5ccccc5)ccc43)cc2)cc1. The second-order valence-corrected chi connectivity index (χ2v) is 36.8. The molecule has 2 aliphatic carbocycles. The molecule has 2 aliphatic rings. The van der Waals surface area contributed by atoms with E-state index in [1.165, 1.54) is 221 Å². The zero-order valence-electron chi connectivity index (χ0n) is 75.6. The van der Waals surface area contributed by atoms with Crippen LogP contribution in [0.2, 0.25) is 0 Å². The highest BCUT2D eigenvalue weighted by Crippen LogP contribution is 2.61. The molecule has 0 saturated carbocycles. The van der Waals surface area contributed by atoms with Crippen LogP contribution >= 0.6 is 0 Å². The summed E-state index contributed by atoms with van der Waals surface area (Å²) in [6, 6.07) is 197. The minimum atomic E-state index is -0.507. The Morgan fingerprint density at radius 3 is 0.768 bits per heavy atom. The van der Waals surface area contributed by atoms with Gasteiger partial charge in [-0.05, 0) is 261 Å². The Bertz CT molecular complexity index is 8980. The Kier molecular flexibility index (Phi) is 18.8. The maximum Gasteiger partial charge on any atom is 0.0713 e. The molecule has 4 heterocycles. The van der Waals surface area contributed by atoms with Crippen LogP contribution in [0.5, 0.6) is 0 Å². The van der Waals surface area contributed by atoms with Gasteiger partial charge in [-0.1, -0.05) is 406 Å². The first kappa shape index (κ1) is 79.8. The van der Waals surface area contributed by atoms with Gasteiger partial charge in [0.05, 0.1) is 55.0 Å².